The first-order valence-corrected chi connectivity index (χ1v) is 9.16. The molecule has 0 aliphatic carbocycles. The zero-order valence-electron chi connectivity index (χ0n) is 13.1. The number of aromatic hydroxyl groups is 1. The topological polar surface area (TPSA) is 20.2 Å². The van der Waals surface area contributed by atoms with Crippen molar-refractivity contribution in [2.75, 3.05) is 0 Å². The molecule has 0 bridgehead atoms. The number of phenols is 1. The van der Waals surface area contributed by atoms with Gasteiger partial charge in [0.2, 0.25) is 0 Å². The van der Waals surface area contributed by atoms with Gasteiger partial charge in [-0.05, 0) is 72.0 Å². The van der Waals surface area contributed by atoms with Gasteiger partial charge in [0.15, 0.2) is 0 Å². The van der Waals surface area contributed by atoms with Gasteiger partial charge in [0, 0.05) is 4.47 Å². The van der Waals surface area contributed by atoms with Crippen LogP contribution in [0.4, 0.5) is 0 Å². The highest BCUT2D eigenvalue weighted by Crippen LogP contribution is 2.31. The fraction of sp³-hybridized carbons (Fsp3) is 0.0476. The van der Waals surface area contributed by atoms with Crippen molar-refractivity contribution >= 4 is 53.4 Å². The SMILES string of the molecule is Cc1ccc2ccccc2c1Br.Oc1ccc2ccccc2c1Br. The van der Waals surface area contributed by atoms with Gasteiger partial charge in [-0.3, -0.25) is 0 Å². The van der Waals surface area contributed by atoms with E-state index in [9.17, 15) is 5.11 Å². The molecule has 0 unspecified atom stereocenters. The Morgan fingerprint density at radius 2 is 1.12 bits per heavy atom. The van der Waals surface area contributed by atoms with Gasteiger partial charge in [-0.2, -0.15) is 0 Å². The van der Waals surface area contributed by atoms with E-state index in [1.807, 2.05) is 30.3 Å². The zero-order chi connectivity index (χ0) is 17.1. The summed E-state index contributed by atoms with van der Waals surface area (Å²) in [5, 5.41) is 14.1. The van der Waals surface area contributed by atoms with Crippen LogP contribution in [-0.2, 0) is 0 Å². The van der Waals surface area contributed by atoms with E-state index in [0.717, 1.165) is 15.2 Å². The molecule has 0 spiro atoms. The summed E-state index contributed by atoms with van der Waals surface area (Å²) >= 11 is 6.91. The first kappa shape index (κ1) is 17.0. The Bertz CT molecular complexity index is 926. The molecule has 0 saturated heterocycles. The van der Waals surface area contributed by atoms with Gasteiger partial charge in [0.05, 0.1) is 4.47 Å². The molecule has 24 heavy (non-hydrogen) atoms. The highest BCUT2D eigenvalue weighted by atomic mass is 79.9. The lowest BCUT2D eigenvalue weighted by atomic mass is 10.1. The maximum absolute atomic E-state index is 9.37. The van der Waals surface area contributed by atoms with Crippen LogP contribution in [0.1, 0.15) is 5.56 Å². The molecule has 4 aromatic rings. The van der Waals surface area contributed by atoms with E-state index >= 15 is 0 Å². The van der Waals surface area contributed by atoms with Crippen molar-refractivity contribution in [1.82, 2.24) is 0 Å². The first-order chi connectivity index (χ1) is 11.6. The first-order valence-electron chi connectivity index (χ1n) is 7.58. The average molecular weight is 444 g/mol. The van der Waals surface area contributed by atoms with Crippen LogP contribution in [0.3, 0.4) is 0 Å². The minimum Gasteiger partial charge on any atom is -0.507 e. The van der Waals surface area contributed by atoms with E-state index < -0.39 is 0 Å². The van der Waals surface area contributed by atoms with Crippen molar-refractivity contribution in [2.45, 2.75) is 6.92 Å². The van der Waals surface area contributed by atoms with Crippen molar-refractivity contribution in [1.29, 1.82) is 0 Å². The molecule has 0 atom stereocenters. The second-order valence-corrected chi connectivity index (χ2v) is 7.12. The molecule has 0 aromatic heterocycles. The van der Waals surface area contributed by atoms with E-state index in [-0.39, 0.29) is 5.75 Å². The second kappa shape index (κ2) is 7.37. The molecule has 0 radical (unpaired) electrons. The standard InChI is InChI=1S/C11H9Br.C10H7BrO/c1-8-6-7-9-4-2-3-5-10(9)11(8)12;11-10-8-4-2-1-3-7(8)5-6-9(10)12/h2-7H,1H3;1-6,12H. The lowest BCUT2D eigenvalue weighted by Gasteiger charge is -2.02. The van der Waals surface area contributed by atoms with Gasteiger partial charge in [-0.25, -0.2) is 0 Å². The van der Waals surface area contributed by atoms with Crippen LogP contribution in [-0.4, -0.2) is 5.11 Å². The van der Waals surface area contributed by atoms with Crippen LogP contribution in [0.25, 0.3) is 21.5 Å². The van der Waals surface area contributed by atoms with E-state index in [2.05, 4.69) is 75.2 Å². The monoisotopic (exact) mass is 442 g/mol. The van der Waals surface area contributed by atoms with E-state index in [4.69, 9.17) is 0 Å². The Balaban J connectivity index is 0.000000141. The van der Waals surface area contributed by atoms with Crippen LogP contribution in [0.5, 0.6) is 5.75 Å². The molecule has 120 valence electrons. The molecule has 0 aliphatic heterocycles. The fourth-order valence-electron chi connectivity index (χ4n) is 2.56. The Morgan fingerprint density at radius 1 is 0.625 bits per heavy atom. The van der Waals surface area contributed by atoms with Crippen LogP contribution < -0.4 is 0 Å². The number of aryl methyl sites for hydroxylation is 1. The molecule has 1 N–H and O–H groups in total. The van der Waals surface area contributed by atoms with Crippen LogP contribution in [0.2, 0.25) is 0 Å². The molecule has 0 heterocycles. The highest BCUT2D eigenvalue weighted by molar-refractivity contribution is 9.11. The summed E-state index contributed by atoms with van der Waals surface area (Å²) in [7, 11) is 0. The maximum Gasteiger partial charge on any atom is 0.130 e. The Labute approximate surface area is 158 Å². The predicted octanol–water partition coefficient (Wildman–Crippen LogP) is 7.22. The Kier molecular flexibility index (Phi) is 5.22. The number of benzene rings is 4. The van der Waals surface area contributed by atoms with Crippen LogP contribution in [0.15, 0.2) is 81.7 Å². The van der Waals surface area contributed by atoms with Crippen molar-refractivity contribution in [3.05, 3.63) is 87.3 Å². The molecule has 4 aromatic carbocycles. The van der Waals surface area contributed by atoms with Gasteiger partial charge >= 0.3 is 0 Å². The molecule has 1 nitrogen and oxygen atoms in total. The van der Waals surface area contributed by atoms with Gasteiger partial charge in [0.1, 0.15) is 5.75 Å². The summed E-state index contributed by atoms with van der Waals surface area (Å²) in [5.74, 6) is 0.286. The number of hydrogen-bond acceptors (Lipinski definition) is 1. The number of hydrogen-bond donors (Lipinski definition) is 1. The summed E-state index contributed by atoms with van der Waals surface area (Å²) in [6, 6.07) is 24.2. The maximum atomic E-state index is 9.37. The van der Waals surface area contributed by atoms with E-state index in [0.29, 0.717) is 0 Å². The number of fused-ring (bicyclic) bond motifs is 2. The van der Waals surface area contributed by atoms with Gasteiger partial charge < -0.3 is 5.11 Å². The molecular formula is C21H16Br2O. The Hall–Kier alpha value is -1.84. The summed E-state index contributed by atoms with van der Waals surface area (Å²) in [6.45, 7) is 2.11. The predicted molar refractivity (Wildman–Crippen MR) is 110 cm³/mol. The Morgan fingerprint density at radius 3 is 1.75 bits per heavy atom. The summed E-state index contributed by atoms with van der Waals surface area (Å²) in [5.41, 5.74) is 1.29. The molecule has 3 heteroatoms. The molecule has 0 fully saturated rings. The molecule has 0 aliphatic rings. The quantitative estimate of drug-likeness (QED) is 0.304. The average Bonchev–Trinajstić information content (AvgIpc) is 2.62. The zero-order valence-corrected chi connectivity index (χ0v) is 16.3. The highest BCUT2D eigenvalue weighted by Gasteiger charge is 2.01. The molecule has 0 amide bonds. The van der Waals surface area contributed by atoms with E-state index in [1.165, 1.54) is 20.8 Å². The molecule has 0 saturated carbocycles. The number of phenolic OH excluding ortho intramolecular Hbond substituents is 1. The minimum absolute atomic E-state index is 0.286. The number of halogens is 2. The largest absolute Gasteiger partial charge is 0.507 e. The lowest BCUT2D eigenvalue weighted by molar-refractivity contribution is 0.473. The molecule has 4 rings (SSSR count). The lowest BCUT2D eigenvalue weighted by Crippen LogP contribution is -1.78. The van der Waals surface area contributed by atoms with Crippen molar-refractivity contribution in [2.24, 2.45) is 0 Å². The van der Waals surface area contributed by atoms with Crippen molar-refractivity contribution < 1.29 is 5.11 Å². The van der Waals surface area contributed by atoms with Gasteiger partial charge in [0.25, 0.3) is 0 Å². The van der Waals surface area contributed by atoms with E-state index in [1.54, 1.807) is 6.07 Å². The summed E-state index contributed by atoms with van der Waals surface area (Å²) < 4.78 is 1.97. The van der Waals surface area contributed by atoms with Crippen LogP contribution >= 0.6 is 31.9 Å². The van der Waals surface area contributed by atoms with Gasteiger partial charge in [-0.15, -0.1) is 0 Å². The smallest absolute Gasteiger partial charge is 0.130 e. The van der Waals surface area contributed by atoms with Crippen molar-refractivity contribution in [3.8, 4) is 5.75 Å². The third kappa shape index (κ3) is 3.47. The minimum atomic E-state index is 0.286. The second-order valence-electron chi connectivity index (χ2n) is 5.54. The number of rotatable bonds is 0. The van der Waals surface area contributed by atoms with Gasteiger partial charge in [-0.1, -0.05) is 66.7 Å². The summed E-state index contributed by atoms with van der Waals surface area (Å²) in [4.78, 5) is 0. The molecular weight excluding hydrogens is 428 g/mol. The van der Waals surface area contributed by atoms with Crippen LogP contribution in [0, 0.1) is 6.92 Å². The van der Waals surface area contributed by atoms with Crippen molar-refractivity contribution in [3.63, 3.8) is 0 Å². The summed E-state index contributed by atoms with van der Waals surface area (Å²) in [6.07, 6.45) is 0. The normalized spacial score (nSPS) is 10.5. The fourth-order valence-corrected chi connectivity index (χ4v) is 3.55. The third-order valence-electron chi connectivity index (χ3n) is 3.90. The third-order valence-corrected chi connectivity index (χ3v) is 5.79.